The SMILES string of the molecule is CC(C)(C)[C@@H](N)C(=O)N(CC(=O)O)c1cccc(Cl)c1. The third-order valence-electron chi connectivity index (χ3n) is 2.88. The van der Waals surface area contributed by atoms with E-state index in [4.69, 9.17) is 22.4 Å². The van der Waals surface area contributed by atoms with Crippen molar-refractivity contribution in [3.63, 3.8) is 0 Å². The summed E-state index contributed by atoms with van der Waals surface area (Å²) in [7, 11) is 0. The van der Waals surface area contributed by atoms with E-state index in [0.29, 0.717) is 10.7 Å². The molecule has 0 unspecified atom stereocenters. The number of aliphatic carboxylic acids is 1. The number of carbonyl (C=O) groups excluding carboxylic acids is 1. The second kappa shape index (κ2) is 6.24. The molecule has 3 N–H and O–H groups in total. The van der Waals surface area contributed by atoms with E-state index in [1.165, 1.54) is 6.07 Å². The molecule has 1 rings (SSSR count). The van der Waals surface area contributed by atoms with E-state index in [1.54, 1.807) is 18.2 Å². The molecule has 0 heterocycles. The number of benzene rings is 1. The van der Waals surface area contributed by atoms with E-state index >= 15 is 0 Å². The van der Waals surface area contributed by atoms with Gasteiger partial charge in [0.1, 0.15) is 6.54 Å². The van der Waals surface area contributed by atoms with E-state index in [-0.39, 0.29) is 0 Å². The van der Waals surface area contributed by atoms with E-state index in [9.17, 15) is 9.59 Å². The highest BCUT2D eigenvalue weighted by atomic mass is 35.5. The number of rotatable bonds is 4. The molecule has 0 aliphatic carbocycles. The normalized spacial score (nSPS) is 12.8. The predicted molar refractivity (Wildman–Crippen MR) is 78.9 cm³/mol. The molecule has 1 aromatic carbocycles. The van der Waals surface area contributed by atoms with Gasteiger partial charge in [0.05, 0.1) is 6.04 Å². The molecule has 1 aromatic rings. The van der Waals surface area contributed by atoms with Gasteiger partial charge in [-0.2, -0.15) is 0 Å². The molecule has 1 amide bonds. The van der Waals surface area contributed by atoms with E-state index in [2.05, 4.69) is 0 Å². The maximum absolute atomic E-state index is 12.4. The summed E-state index contributed by atoms with van der Waals surface area (Å²) in [6, 6.07) is 5.67. The largest absolute Gasteiger partial charge is 0.480 e. The molecule has 0 saturated carbocycles. The van der Waals surface area contributed by atoms with Crippen molar-refractivity contribution in [2.75, 3.05) is 11.4 Å². The summed E-state index contributed by atoms with van der Waals surface area (Å²) >= 11 is 5.88. The number of nitrogens with two attached hydrogens (primary N) is 1. The van der Waals surface area contributed by atoms with Crippen molar-refractivity contribution in [1.29, 1.82) is 0 Å². The van der Waals surface area contributed by atoms with Gasteiger partial charge in [-0.15, -0.1) is 0 Å². The number of anilines is 1. The number of carboxylic acid groups (broad SMARTS) is 1. The fourth-order valence-corrected chi connectivity index (χ4v) is 1.80. The van der Waals surface area contributed by atoms with Crippen LogP contribution < -0.4 is 10.6 Å². The van der Waals surface area contributed by atoms with Gasteiger partial charge in [-0.05, 0) is 23.6 Å². The van der Waals surface area contributed by atoms with Crippen LogP contribution in [0, 0.1) is 5.41 Å². The summed E-state index contributed by atoms with van der Waals surface area (Å²) in [4.78, 5) is 24.6. The molecule has 0 aliphatic rings. The zero-order valence-corrected chi connectivity index (χ0v) is 12.5. The van der Waals surface area contributed by atoms with Gasteiger partial charge in [0.2, 0.25) is 5.91 Å². The summed E-state index contributed by atoms with van der Waals surface area (Å²) in [5.41, 5.74) is 5.88. The lowest BCUT2D eigenvalue weighted by atomic mass is 9.86. The van der Waals surface area contributed by atoms with Gasteiger partial charge >= 0.3 is 5.97 Å². The van der Waals surface area contributed by atoms with E-state index < -0.39 is 29.9 Å². The maximum atomic E-state index is 12.4. The fraction of sp³-hybridized carbons (Fsp3) is 0.429. The standard InChI is InChI=1S/C14H19ClN2O3/c1-14(2,3)12(16)13(20)17(8-11(18)19)10-6-4-5-9(15)7-10/h4-7,12H,8,16H2,1-3H3,(H,18,19)/t12-/m0/s1. The van der Waals surface area contributed by atoms with Crippen LogP contribution in [0.4, 0.5) is 5.69 Å². The van der Waals surface area contributed by atoms with Crippen molar-refractivity contribution in [2.24, 2.45) is 11.1 Å². The second-order valence-electron chi connectivity index (χ2n) is 5.64. The molecule has 0 aromatic heterocycles. The smallest absolute Gasteiger partial charge is 0.323 e. The van der Waals surface area contributed by atoms with Crippen LogP contribution in [0.15, 0.2) is 24.3 Å². The van der Waals surface area contributed by atoms with Gasteiger partial charge in [0.25, 0.3) is 0 Å². The summed E-state index contributed by atoms with van der Waals surface area (Å²) in [5.74, 6) is -1.55. The molecule has 0 fully saturated rings. The van der Waals surface area contributed by atoms with Crippen LogP contribution in [0.2, 0.25) is 5.02 Å². The molecule has 0 radical (unpaired) electrons. The van der Waals surface area contributed by atoms with Crippen LogP contribution in [0.3, 0.4) is 0 Å². The third kappa shape index (κ3) is 4.21. The molecule has 110 valence electrons. The Labute approximate surface area is 123 Å². The highest BCUT2D eigenvalue weighted by molar-refractivity contribution is 6.31. The zero-order chi connectivity index (χ0) is 15.5. The summed E-state index contributed by atoms with van der Waals surface area (Å²) in [5, 5.41) is 9.41. The van der Waals surface area contributed by atoms with Crippen molar-refractivity contribution in [3.8, 4) is 0 Å². The monoisotopic (exact) mass is 298 g/mol. The van der Waals surface area contributed by atoms with Gasteiger partial charge in [-0.3, -0.25) is 14.5 Å². The number of hydrogen-bond donors (Lipinski definition) is 2. The summed E-state index contributed by atoms with van der Waals surface area (Å²) in [6.07, 6.45) is 0. The molecule has 0 saturated heterocycles. The van der Waals surface area contributed by atoms with E-state index in [0.717, 1.165) is 4.90 Å². The summed E-state index contributed by atoms with van der Waals surface area (Å²) < 4.78 is 0. The molecule has 20 heavy (non-hydrogen) atoms. The van der Waals surface area contributed by atoms with Crippen LogP contribution >= 0.6 is 11.6 Å². The molecular weight excluding hydrogens is 280 g/mol. The first kappa shape index (κ1) is 16.5. The highest BCUT2D eigenvalue weighted by Gasteiger charge is 2.32. The van der Waals surface area contributed by atoms with Gasteiger partial charge in [-0.1, -0.05) is 38.4 Å². The number of hydrogen-bond acceptors (Lipinski definition) is 3. The molecule has 0 spiro atoms. The number of amides is 1. The number of carbonyl (C=O) groups is 2. The topological polar surface area (TPSA) is 83.6 Å². The molecule has 0 bridgehead atoms. The Hall–Kier alpha value is -1.59. The Morgan fingerprint density at radius 3 is 2.45 bits per heavy atom. The maximum Gasteiger partial charge on any atom is 0.323 e. The lowest BCUT2D eigenvalue weighted by Gasteiger charge is -2.31. The minimum atomic E-state index is -1.11. The van der Waals surface area contributed by atoms with Gasteiger partial charge in [0, 0.05) is 10.7 Å². The third-order valence-corrected chi connectivity index (χ3v) is 3.11. The van der Waals surface area contributed by atoms with Gasteiger partial charge in [0.15, 0.2) is 0 Å². The van der Waals surface area contributed by atoms with Crippen molar-refractivity contribution < 1.29 is 14.7 Å². The minimum Gasteiger partial charge on any atom is -0.480 e. The van der Waals surface area contributed by atoms with Crippen molar-refractivity contribution in [2.45, 2.75) is 26.8 Å². The molecule has 1 atom stereocenters. The number of halogens is 1. The Bertz CT molecular complexity index is 511. The van der Waals surface area contributed by atoms with Crippen LogP contribution in [-0.2, 0) is 9.59 Å². The van der Waals surface area contributed by atoms with E-state index in [1.807, 2.05) is 20.8 Å². The van der Waals surface area contributed by atoms with Gasteiger partial charge in [-0.25, -0.2) is 0 Å². The highest BCUT2D eigenvalue weighted by Crippen LogP contribution is 2.24. The van der Waals surface area contributed by atoms with Crippen LogP contribution in [0.25, 0.3) is 0 Å². The first-order valence-electron chi connectivity index (χ1n) is 6.17. The molecule has 5 nitrogen and oxygen atoms in total. The summed E-state index contributed by atoms with van der Waals surface area (Å²) in [6.45, 7) is 5.02. The number of nitrogens with zero attached hydrogens (tertiary/aromatic N) is 1. The predicted octanol–water partition coefficient (Wildman–Crippen LogP) is 2.13. The van der Waals surface area contributed by atoms with Crippen LogP contribution in [-0.4, -0.2) is 29.6 Å². The lowest BCUT2D eigenvalue weighted by Crippen LogP contribution is -2.52. The quantitative estimate of drug-likeness (QED) is 0.892. The van der Waals surface area contributed by atoms with Crippen LogP contribution in [0.1, 0.15) is 20.8 Å². The Balaban J connectivity index is 3.13. The zero-order valence-electron chi connectivity index (χ0n) is 11.8. The Morgan fingerprint density at radius 1 is 1.40 bits per heavy atom. The molecule has 0 aliphatic heterocycles. The Morgan fingerprint density at radius 2 is 2.00 bits per heavy atom. The Kier molecular flexibility index (Phi) is 5.14. The van der Waals surface area contributed by atoms with Crippen molar-refractivity contribution in [3.05, 3.63) is 29.3 Å². The van der Waals surface area contributed by atoms with Crippen molar-refractivity contribution >= 4 is 29.2 Å². The van der Waals surface area contributed by atoms with Crippen LogP contribution in [0.5, 0.6) is 0 Å². The second-order valence-corrected chi connectivity index (χ2v) is 6.08. The average Bonchev–Trinajstić information content (AvgIpc) is 2.32. The fourth-order valence-electron chi connectivity index (χ4n) is 1.61. The first-order valence-corrected chi connectivity index (χ1v) is 6.55. The molecule has 6 heteroatoms. The van der Waals surface area contributed by atoms with Crippen molar-refractivity contribution in [1.82, 2.24) is 0 Å². The average molecular weight is 299 g/mol. The molecular formula is C14H19ClN2O3. The minimum absolute atomic E-state index is 0.421. The first-order chi connectivity index (χ1) is 9.12. The van der Waals surface area contributed by atoms with Gasteiger partial charge < -0.3 is 10.8 Å². The lowest BCUT2D eigenvalue weighted by molar-refractivity contribution is -0.137. The number of carboxylic acids is 1.